The van der Waals surface area contributed by atoms with Gasteiger partial charge in [-0.2, -0.15) is 0 Å². The van der Waals surface area contributed by atoms with Gasteiger partial charge in [0.05, 0.1) is 18.8 Å². The van der Waals surface area contributed by atoms with Gasteiger partial charge in [0.25, 0.3) is 0 Å². The maximum Gasteiger partial charge on any atom is 0.203 e. The molecule has 0 amide bonds. The molecule has 1 unspecified atom stereocenters. The van der Waals surface area contributed by atoms with Crippen LogP contribution in [0.25, 0.3) is 0 Å². The van der Waals surface area contributed by atoms with Crippen molar-refractivity contribution in [2.24, 2.45) is 0 Å². The van der Waals surface area contributed by atoms with E-state index in [4.69, 9.17) is 9.47 Å². The lowest BCUT2D eigenvalue weighted by Gasteiger charge is -2.27. The molecule has 1 aliphatic heterocycles. The minimum atomic E-state index is -0.208. The van der Waals surface area contributed by atoms with Crippen LogP contribution in [0.15, 0.2) is 6.20 Å². The van der Waals surface area contributed by atoms with E-state index in [9.17, 15) is 0 Å². The molecule has 18 heavy (non-hydrogen) atoms. The molecule has 1 atom stereocenters. The number of nitrogens with one attached hydrogen (secondary N) is 1. The summed E-state index contributed by atoms with van der Waals surface area (Å²) >= 11 is 0. The van der Waals surface area contributed by atoms with E-state index < -0.39 is 0 Å². The minimum absolute atomic E-state index is 0.208. The molecule has 1 saturated heterocycles. The fraction of sp³-hybridized carbons (Fsp3) is 0.769. The van der Waals surface area contributed by atoms with Gasteiger partial charge in [0.15, 0.2) is 0 Å². The van der Waals surface area contributed by atoms with Gasteiger partial charge in [-0.1, -0.05) is 0 Å². The highest BCUT2D eigenvalue weighted by Crippen LogP contribution is 2.26. The Labute approximate surface area is 108 Å². The molecular formula is C13H23N3O2. The molecule has 0 saturated carbocycles. The van der Waals surface area contributed by atoms with Crippen LogP contribution in [0.2, 0.25) is 0 Å². The van der Waals surface area contributed by atoms with E-state index in [1.807, 2.05) is 6.92 Å². The predicted octanol–water partition coefficient (Wildman–Crippen LogP) is 1.82. The number of aromatic nitrogens is 2. The van der Waals surface area contributed by atoms with Crippen LogP contribution in [-0.2, 0) is 16.0 Å². The molecule has 0 aliphatic carbocycles. The van der Waals surface area contributed by atoms with Crippen molar-refractivity contribution in [1.29, 1.82) is 0 Å². The number of aryl methyl sites for hydroxylation is 1. The first-order valence-corrected chi connectivity index (χ1v) is 6.48. The van der Waals surface area contributed by atoms with Gasteiger partial charge in [-0.25, -0.2) is 4.98 Å². The van der Waals surface area contributed by atoms with Crippen molar-refractivity contribution in [1.82, 2.24) is 9.55 Å². The highest BCUT2D eigenvalue weighted by molar-refractivity contribution is 5.30. The van der Waals surface area contributed by atoms with E-state index in [0.717, 1.165) is 31.2 Å². The van der Waals surface area contributed by atoms with Gasteiger partial charge >= 0.3 is 0 Å². The third kappa shape index (κ3) is 2.84. The second-order valence-corrected chi connectivity index (χ2v) is 5.32. The number of nitrogens with zero attached hydrogens (tertiary/aromatic N) is 2. The maximum absolute atomic E-state index is 5.67. The van der Waals surface area contributed by atoms with Crippen LogP contribution < -0.4 is 5.32 Å². The van der Waals surface area contributed by atoms with Crippen molar-refractivity contribution in [3.8, 4) is 0 Å². The van der Waals surface area contributed by atoms with E-state index in [0.29, 0.717) is 12.6 Å². The Morgan fingerprint density at radius 1 is 1.61 bits per heavy atom. The van der Waals surface area contributed by atoms with Crippen molar-refractivity contribution in [2.75, 3.05) is 25.6 Å². The van der Waals surface area contributed by atoms with Gasteiger partial charge in [-0.15, -0.1) is 0 Å². The molecule has 1 aliphatic rings. The molecule has 2 heterocycles. The molecule has 0 radical (unpaired) electrons. The first-order valence-electron chi connectivity index (χ1n) is 6.48. The first kappa shape index (κ1) is 13.4. The first-order chi connectivity index (χ1) is 8.54. The van der Waals surface area contributed by atoms with E-state index in [2.05, 4.69) is 34.9 Å². The summed E-state index contributed by atoms with van der Waals surface area (Å²) in [7, 11) is 1.76. The molecule has 0 bridgehead atoms. The molecule has 5 nitrogen and oxygen atoms in total. The second-order valence-electron chi connectivity index (χ2n) is 5.32. The number of hydrogen-bond acceptors (Lipinski definition) is 4. The Morgan fingerprint density at radius 3 is 2.94 bits per heavy atom. The Bertz CT molecular complexity index is 395. The lowest BCUT2D eigenvalue weighted by molar-refractivity contribution is -0.0291. The largest absolute Gasteiger partial charge is 0.378 e. The molecule has 1 aromatic heterocycles. The highest BCUT2D eigenvalue weighted by atomic mass is 16.5. The molecule has 1 aromatic rings. The summed E-state index contributed by atoms with van der Waals surface area (Å²) in [5, 5.41) is 3.36. The average Bonchev–Trinajstić information content (AvgIpc) is 2.87. The van der Waals surface area contributed by atoms with Crippen molar-refractivity contribution in [2.45, 2.75) is 45.4 Å². The lowest BCUT2D eigenvalue weighted by atomic mass is 10.0. The van der Waals surface area contributed by atoms with Gasteiger partial charge in [0.2, 0.25) is 5.95 Å². The number of ether oxygens (including phenoxy) is 2. The number of rotatable bonds is 5. The zero-order chi connectivity index (χ0) is 13.2. The van der Waals surface area contributed by atoms with Crippen molar-refractivity contribution in [3.05, 3.63) is 11.9 Å². The molecule has 102 valence electrons. The summed E-state index contributed by atoms with van der Waals surface area (Å²) in [6, 6.07) is 0.365. The third-order valence-electron chi connectivity index (χ3n) is 3.27. The summed E-state index contributed by atoms with van der Waals surface area (Å²) < 4.78 is 13.3. The molecule has 1 N–H and O–H groups in total. The molecule has 0 spiro atoms. The third-order valence-corrected chi connectivity index (χ3v) is 3.27. The van der Waals surface area contributed by atoms with Gasteiger partial charge in [0, 0.05) is 32.4 Å². The summed E-state index contributed by atoms with van der Waals surface area (Å²) in [4.78, 5) is 4.51. The van der Waals surface area contributed by atoms with Crippen LogP contribution in [0.5, 0.6) is 0 Å². The summed E-state index contributed by atoms with van der Waals surface area (Å²) in [6.07, 6.45) is 2.99. The van der Waals surface area contributed by atoms with Crippen molar-refractivity contribution < 1.29 is 9.47 Å². The number of anilines is 1. The normalized spacial score (nSPS) is 23.8. The van der Waals surface area contributed by atoms with Gasteiger partial charge in [-0.05, 0) is 20.8 Å². The molecule has 5 heteroatoms. The van der Waals surface area contributed by atoms with E-state index >= 15 is 0 Å². The molecular weight excluding hydrogens is 230 g/mol. The van der Waals surface area contributed by atoms with E-state index in [1.165, 1.54) is 0 Å². The lowest BCUT2D eigenvalue weighted by Crippen LogP contribution is -2.37. The Kier molecular flexibility index (Phi) is 3.92. The smallest absolute Gasteiger partial charge is 0.203 e. The summed E-state index contributed by atoms with van der Waals surface area (Å²) in [5.41, 5.74) is 0.809. The standard InChI is InChI=1S/C13H23N3O2/c1-10(2)14-12-15-11(3)7-16(12)8-13(17-4)5-6-18-9-13/h7,10H,5-6,8-9H2,1-4H3,(H,14,15). The van der Waals surface area contributed by atoms with Crippen LogP contribution in [0.3, 0.4) is 0 Å². The Morgan fingerprint density at radius 2 is 2.39 bits per heavy atom. The highest BCUT2D eigenvalue weighted by Gasteiger charge is 2.36. The molecule has 1 fully saturated rings. The van der Waals surface area contributed by atoms with Gasteiger partial charge in [-0.3, -0.25) is 0 Å². The van der Waals surface area contributed by atoms with Crippen LogP contribution in [0, 0.1) is 6.92 Å². The number of imidazole rings is 1. The fourth-order valence-electron chi connectivity index (χ4n) is 2.29. The minimum Gasteiger partial charge on any atom is -0.378 e. The monoisotopic (exact) mass is 253 g/mol. The van der Waals surface area contributed by atoms with Crippen LogP contribution in [0.1, 0.15) is 26.0 Å². The number of hydrogen-bond donors (Lipinski definition) is 1. The zero-order valence-electron chi connectivity index (χ0n) is 11.7. The van der Waals surface area contributed by atoms with Crippen LogP contribution in [-0.4, -0.2) is 41.5 Å². The Hall–Kier alpha value is -1.07. The Balaban J connectivity index is 2.17. The van der Waals surface area contributed by atoms with E-state index in [-0.39, 0.29) is 5.60 Å². The van der Waals surface area contributed by atoms with Crippen molar-refractivity contribution >= 4 is 5.95 Å². The molecule has 2 rings (SSSR count). The fourth-order valence-corrected chi connectivity index (χ4v) is 2.29. The SMILES string of the molecule is COC1(Cn2cc(C)nc2NC(C)C)CCOC1. The van der Waals surface area contributed by atoms with Crippen LogP contribution >= 0.6 is 0 Å². The predicted molar refractivity (Wildman–Crippen MR) is 70.9 cm³/mol. The number of methoxy groups -OCH3 is 1. The van der Waals surface area contributed by atoms with E-state index in [1.54, 1.807) is 7.11 Å². The van der Waals surface area contributed by atoms with Gasteiger partial charge in [0.1, 0.15) is 5.60 Å². The average molecular weight is 253 g/mol. The quantitative estimate of drug-likeness (QED) is 0.869. The zero-order valence-corrected chi connectivity index (χ0v) is 11.7. The summed E-state index contributed by atoms with van der Waals surface area (Å²) in [6.45, 7) is 8.43. The topological polar surface area (TPSA) is 48.3 Å². The molecule has 0 aromatic carbocycles. The summed E-state index contributed by atoms with van der Waals surface area (Å²) in [5.74, 6) is 0.908. The maximum atomic E-state index is 5.67. The van der Waals surface area contributed by atoms with Gasteiger partial charge < -0.3 is 19.4 Å². The second kappa shape index (κ2) is 5.28. The van der Waals surface area contributed by atoms with Crippen molar-refractivity contribution in [3.63, 3.8) is 0 Å². The van der Waals surface area contributed by atoms with Crippen LogP contribution in [0.4, 0.5) is 5.95 Å².